The zero-order valence-electron chi connectivity index (χ0n) is 9.03. The molecule has 0 bridgehead atoms. The van der Waals surface area contributed by atoms with Crippen molar-refractivity contribution < 1.29 is 0 Å². The van der Waals surface area contributed by atoms with Crippen molar-refractivity contribution >= 4 is 0 Å². The topological polar surface area (TPSA) is 0 Å². The number of hydrogen-bond donors (Lipinski definition) is 0. The van der Waals surface area contributed by atoms with Crippen LogP contribution in [0.5, 0.6) is 0 Å². The monoisotopic (exact) mass is 168 g/mol. The zero-order chi connectivity index (χ0) is 9.03. The average Bonchev–Trinajstić information content (AvgIpc) is 2.08. The van der Waals surface area contributed by atoms with Gasteiger partial charge in [0.1, 0.15) is 0 Å². The fourth-order valence-electron chi connectivity index (χ4n) is 3.02. The third kappa shape index (κ3) is 1.67. The molecule has 0 aromatic heterocycles. The maximum atomic E-state index is 2.39. The van der Waals surface area contributed by atoms with Crippen molar-refractivity contribution in [2.45, 2.75) is 65.7 Å². The Kier molecular flexibility index (Phi) is 3.61. The third-order valence-corrected chi connectivity index (χ3v) is 3.95. The lowest BCUT2D eigenvalue weighted by atomic mass is 9.55. The van der Waals surface area contributed by atoms with Crippen LogP contribution in [-0.4, -0.2) is 0 Å². The van der Waals surface area contributed by atoms with Crippen molar-refractivity contribution in [2.75, 3.05) is 0 Å². The Hall–Kier alpha value is 0. The molecule has 1 fully saturated rings. The molecule has 0 aliphatic heterocycles. The Morgan fingerprint density at radius 3 is 2.25 bits per heavy atom. The van der Waals surface area contributed by atoms with Gasteiger partial charge >= 0.3 is 0 Å². The first-order valence-corrected chi connectivity index (χ1v) is 5.79. The van der Waals surface area contributed by atoms with Crippen LogP contribution in [0.1, 0.15) is 65.7 Å². The summed E-state index contributed by atoms with van der Waals surface area (Å²) in [6.45, 7) is 7.04. The predicted octanol–water partition coefficient (Wildman–Crippen LogP) is 4.39. The second-order valence-corrected chi connectivity index (χ2v) is 4.49. The normalized spacial score (nSPS) is 34.8. The molecule has 0 heterocycles. The van der Waals surface area contributed by atoms with Gasteiger partial charge in [0.15, 0.2) is 0 Å². The molecule has 0 nitrogen and oxygen atoms in total. The van der Waals surface area contributed by atoms with E-state index >= 15 is 0 Å². The van der Waals surface area contributed by atoms with Gasteiger partial charge < -0.3 is 0 Å². The van der Waals surface area contributed by atoms with Crippen LogP contribution < -0.4 is 0 Å². The van der Waals surface area contributed by atoms with Gasteiger partial charge in [0.05, 0.1) is 0 Å². The summed E-state index contributed by atoms with van der Waals surface area (Å²) in [5.41, 5.74) is 0.782. The molecule has 0 N–H and O–H groups in total. The molecular formula is C12H24. The summed E-state index contributed by atoms with van der Waals surface area (Å²) >= 11 is 0. The van der Waals surface area contributed by atoms with Crippen molar-refractivity contribution in [3.8, 4) is 0 Å². The first-order chi connectivity index (χ1) is 5.79. The first kappa shape index (κ1) is 10.1. The molecule has 2 unspecified atom stereocenters. The van der Waals surface area contributed by atoms with Crippen LogP contribution in [0.3, 0.4) is 0 Å². The maximum absolute atomic E-state index is 2.39. The summed E-state index contributed by atoms with van der Waals surface area (Å²) in [5, 5.41) is 0. The molecule has 0 radical (unpaired) electrons. The molecule has 1 saturated carbocycles. The molecule has 0 spiro atoms. The molecule has 1 aliphatic rings. The third-order valence-electron chi connectivity index (χ3n) is 3.95. The van der Waals surface area contributed by atoms with E-state index in [2.05, 4.69) is 20.8 Å². The van der Waals surface area contributed by atoms with E-state index in [1.165, 1.54) is 44.9 Å². The second-order valence-electron chi connectivity index (χ2n) is 4.49. The Balaban J connectivity index is 2.43. The van der Waals surface area contributed by atoms with E-state index in [0.717, 1.165) is 11.3 Å². The van der Waals surface area contributed by atoms with Crippen LogP contribution >= 0.6 is 0 Å². The van der Waals surface area contributed by atoms with Gasteiger partial charge in [-0.1, -0.05) is 46.5 Å². The fraction of sp³-hybridized carbons (Fsp3) is 1.00. The fourth-order valence-corrected chi connectivity index (χ4v) is 3.02. The van der Waals surface area contributed by atoms with E-state index in [9.17, 15) is 0 Å². The quantitative estimate of drug-likeness (QED) is 0.571. The number of rotatable bonds is 5. The molecule has 0 amide bonds. The summed E-state index contributed by atoms with van der Waals surface area (Å²) in [6, 6.07) is 0. The highest BCUT2D eigenvalue weighted by Gasteiger charge is 2.43. The molecule has 0 aromatic carbocycles. The van der Waals surface area contributed by atoms with Crippen molar-refractivity contribution in [1.29, 1.82) is 0 Å². The minimum Gasteiger partial charge on any atom is -0.0654 e. The van der Waals surface area contributed by atoms with Crippen molar-refractivity contribution in [1.82, 2.24) is 0 Å². The summed E-state index contributed by atoms with van der Waals surface area (Å²) in [7, 11) is 0. The van der Waals surface area contributed by atoms with Crippen LogP contribution in [0.2, 0.25) is 0 Å². The van der Waals surface area contributed by atoms with Gasteiger partial charge in [-0.25, -0.2) is 0 Å². The van der Waals surface area contributed by atoms with Gasteiger partial charge in [-0.2, -0.15) is 0 Å². The van der Waals surface area contributed by atoms with Crippen LogP contribution in [0, 0.1) is 11.3 Å². The largest absolute Gasteiger partial charge is 0.0654 e. The van der Waals surface area contributed by atoms with E-state index in [1.807, 2.05) is 0 Å². The van der Waals surface area contributed by atoms with Gasteiger partial charge in [-0.05, 0) is 30.6 Å². The predicted molar refractivity (Wildman–Crippen MR) is 55.3 cm³/mol. The molecule has 2 atom stereocenters. The van der Waals surface area contributed by atoms with Crippen LogP contribution in [0.25, 0.3) is 0 Å². The first-order valence-electron chi connectivity index (χ1n) is 5.79. The lowest BCUT2D eigenvalue weighted by molar-refractivity contribution is 0.00843. The van der Waals surface area contributed by atoms with Gasteiger partial charge in [0, 0.05) is 0 Å². The smallest absolute Gasteiger partial charge is 0.0272 e. The Morgan fingerprint density at radius 1 is 1.17 bits per heavy atom. The standard InChI is InChI=1S/C12H24/c1-4-7-11-8-10-12(11,6-3)9-5-2/h11H,4-10H2,1-3H3. The molecule has 1 rings (SSSR count). The van der Waals surface area contributed by atoms with Crippen molar-refractivity contribution in [3.63, 3.8) is 0 Å². The summed E-state index contributed by atoms with van der Waals surface area (Å²) in [5.74, 6) is 1.08. The van der Waals surface area contributed by atoms with E-state index in [1.54, 1.807) is 0 Å². The molecule has 72 valence electrons. The second kappa shape index (κ2) is 4.30. The van der Waals surface area contributed by atoms with Gasteiger partial charge in [-0.3, -0.25) is 0 Å². The number of hydrogen-bond acceptors (Lipinski definition) is 0. The van der Waals surface area contributed by atoms with Crippen molar-refractivity contribution in [2.24, 2.45) is 11.3 Å². The van der Waals surface area contributed by atoms with Gasteiger partial charge in [0.2, 0.25) is 0 Å². The maximum Gasteiger partial charge on any atom is -0.0272 e. The summed E-state index contributed by atoms with van der Waals surface area (Å²) in [4.78, 5) is 0. The van der Waals surface area contributed by atoms with Crippen LogP contribution in [-0.2, 0) is 0 Å². The minimum absolute atomic E-state index is 0.782. The Morgan fingerprint density at radius 2 is 1.92 bits per heavy atom. The van der Waals surface area contributed by atoms with Gasteiger partial charge in [0.25, 0.3) is 0 Å². The average molecular weight is 168 g/mol. The molecule has 0 saturated heterocycles. The highest BCUT2D eigenvalue weighted by Crippen LogP contribution is 2.54. The molecule has 0 aromatic rings. The van der Waals surface area contributed by atoms with E-state index in [0.29, 0.717) is 0 Å². The lowest BCUT2D eigenvalue weighted by Crippen LogP contribution is -2.39. The Labute approximate surface area is 77.7 Å². The molecule has 12 heavy (non-hydrogen) atoms. The van der Waals surface area contributed by atoms with Crippen LogP contribution in [0.4, 0.5) is 0 Å². The molecule has 0 heteroatoms. The minimum atomic E-state index is 0.782. The van der Waals surface area contributed by atoms with E-state index in [4.69, 9.17) is 0 Å². The molecular weight excluding hydrogens is 144 g/mol. The van der Waals surface area contributed by atoms with Crippen molar-refractivity contribution in [3.05, 3.63) is 0 Å². The zero-order valence-corrected chi connectivity index (χ0v) is 9.03. The SMILES string of the molecule is CCCC1CCC1(CC)CCC. The highest BCUT2D eigenvalue weighted by molar-refractivity contribution is 4.93. The van der Waals surface area contributed by atoms with E-state index in [-0.39, 0.29) is 0 Å². The van der Waals surface area contributed by atoms with Gasteiger partial charge in [-0.15, -0.1) is 0 Å². The van der Waals surface area contributed by atoms with Crippen LogP contribution in [0.15, 0.2) is 0 Å². The summed E-state index contributed by atoms with van der Waals surface area (Å²) in [6.07, 6.45) is 10.2. The Bertz CT molecular complexity index is 124. The molecule has 1 aliphatic carbocycles. The summed E-state index contributed by atoms with van der Waals surface area (Å²) < 4.78 is 0. The van der Waals surface area contributed by atoms with E-state index < -0.39 is 0 Å². The highest BCUT2D eigenvalue weighted by atomic mass is 14.5. The lowest BCUT2D eigenvalue weighted by Gasteiger charge is -2.50.